The Morgan fingerprint density at radius 3 is 2.64 bits per heavy atom. The molecular formula is C20H32N4O. The van der Waals surface area contributed by atoms with Gasteiger partial charge < -0.3 is 20.4 Å². The van der Waals surface area contributed by atoms with Gasteiger partial charge in [-0.05, 0) is 63.0 Å². The van der Waals surface area contributed by atoms with Crippen LogP contribution in [0.4, 0.5) is 0 Å². The zero-order chi connectivity index (χ0) is 17.5. The van der Waals surface area contributed by atoms with Gasteiger partial charge in [-0.15, -0.1) is 0 Å². The molecule has 138 valence electrons. The second-order valence-corrected chi connectivity index (χ2v) is 7.42. The van der Waals surface area contributed by atoms with Gasteiger partial charge in [-0.2, -0.15) is 0 Å². The number of piperidine rings is 1. The van der Waals surface area contributed by atoms with Crippen LogP contribution in [-0.2, 0) is 0 Å². The standard InChI is InChI=1S/C20H32N4O/c1-23-12-14-24(15-13-23)11-3-10-22-20(25)18-7-5-17(6-8-18)19-4-2-9-21-16-19/h5-8,19,21H,2-4,9-16H2,1H3,(H,22,25). The van der Waals surface area contributed by atoms with Gasteiger partial charge in [0.05, 0.1) is 0 Å². The predicted octanol–water partition coefficient (Wildman–Crippen LogP) is 1.52. The number of hydrogen-bond acceptors (Lipinski definition) is 4. The molecule has 2 aliphatic rings. The van der Waals surface area contributed by atoms with Crippen LogP contribution in [0.15, 0.2) is 24.3 Å². The second kappa shape index (κ2) is 9.32. The van der Waals surface area contributed by atoms with Crippen molar-refractivity contribution in [2.75, 3.05) is 59.4 Å². The fourth-order valence-corrected chi connectivity index (χ4v) is 3.72. The highest BCUT2D eigenvalue weighted by molar-refractivity contribution is 5.94. The van der Waals surface area contributed by atoms with Crippen molar-refractivity contribution in [3.05, 3.63) is 35.4 Å². The van der Waals surface area contributed by atoms with Crippen molar-refractivity contribution in [1.29, 1.82) is 0 Å². The summed E-state index contributed by atoms with van der Waals surface area (Å²) in [5.74, 6) is 0.640. The molecule has 2 N–H and O–H groups in total. The van der Waals surface area contributed by atoms with Gasteiger partial charge in [0.25, 0.3) is 5.91 Å². The van der Waals surface area contributed by atoms with E-state index in [2.05, 4.69) is 39.6 Å². The van der Waals surface area contributed by atoms with E-state index in [9.17, 15) is 4.79 Å². The van der Waals surface area contributed by atoms with Gasteiger partial charge in [0, 0.05) is 44.8 Å². The number of amides is 1. The maximum Gasteiger partial charge on any atom is 0.251 e. The minimum absolute atomic E-state index is 0.0479. The van der Waals surface area contributed by atoms with Crippen molar-refractivity contribution in [1.82, 2.24) is 20.4 Å². The van der Waals surface area contributed by atoms with Gasteiger partial charge in [0.2, 0.25) is 0 Å². The summed E-state index contributed by atoms with van der Waals surface area (Å²) in [7, 11) is 2.17. The Balaban J connectivity index is 1.37. The van der Waals surface area contributed by atoms with E-state index < -0.39 is 0 Å². The first-order valence-electron chi connectivity index (χ1n) is 9.72. The molecule has 1 aromatic carbocycles. The Bertz CT molecular complexity index is 531. The molecule has 3 rings (SSSR count). The second-order valence-electron chi connectivity index (χ2n) is 7.42. The lowest BCUT2D eigenvalue weighted by atomic mass is 9.91. The van der Waals surface area contributed by atoms with Gasteiger partial charge in [-0.25, -0.2) is 0 Å². The lowest BCUT2D eigenvalue weighted by Crippen LogP contribution is -2.45. The molecule has 1 amide bonds. The van der Waals surface area contributed by atoms with Crippen molar-refractivity contribution in [3.8, 4) is 0 Å². The fourth-order valence-electron chi connectivity index (χ4n) is 3.72. The van der Waals surface area contributed by atoms with Gasteiger partial charge >= 0.3 is 0 Å². The fraction of sp³-hybridized carbons (Fsp3) is 0.650. The highest BCUT2D eigenvalue weighted by Gasteiger charge is 2.16. The lowest BCUT2D eigenvalue weighted by Gasteiger charge is -2.32. The summed E-state index contributed by atoms with van der Waals surface area (Å²) in [5.41, 5.74) is 2.12. The molecule has 5 nitrogen and oxygen atoms in total. The summed E-state index contributed by atoms with van der Waals surface area (Å²) < 4.78 is 0. The molecule has 1 unspecified atom stereocenters. The van der Waals surface area contributed by atoms with Crippen molar-refractivity contribution in [2.45, 2.75) is 25.2 Å². The van der Waals surface area contributed by atoms with E-state index in [0.717, 1.165) is 64.3 Å². The monoisotopic (exact) mass is 344 g/mol. The lowest BCUT2D eigenvalue weighted by molar-refractivity contribution is 0.0949. The Labute approximate surface area is 151 Å². The molecule has 0 bridgehead atoms. The van der Waals surface area contributed by atoms with E-state index in [-0.39, 0.29) is 5.91 Å². The first-order chi connectivity index (χ1) is 12.2. The van der Waals surface area contributed by atoms with E-state index >= 15 is 0 Å². The van der Waals surface area contributed by atoms with Crippen LogP contribution in [0.5, 0.6) is 0 Å². The quantitative estimate of drug-likeness (QED) is 0.768. The SMILES string of the molecule is CN1CCN(CCCNC(=O)c2ccc(C3CCCNC3)cc2)CC1. The summed E-state index contributed by atoms with van der Waals surface area (Å²) in [4.78, 5) is 17.1. The number of likely N-dealkylation sites (N-methyl/N-ethyl adjacent to an activating group) is 1. The topological polar surface area (TPSA) is 47.6 Å². The van der Waals surface area contributed by atoms with Crippen molar-refractivity contribution >= 4 is 5.91 Å². The highest BCUT2D eigenvalue weighted by atomic mass is 16.1. The molecule has 2 fully saturated rings. The molecule has 0 aliphatic carbocycles. The van der Waals surface area contributed by atoms with E-state index in [1.807, 2.05) is 12.1 Å². The molecule has 1 atom stereocenters. The van der Waals surface area contributed by atoms with Crippen LogP contribution in [0.1, 0.15) is 41.1 Å². The zero-order valence-corrected chi connectivity index (χ0v) is 15.5. The molecular weight excluding hydrogens is 312 g/mol. The van der Waals surface area contributed by atoms with Gasteiger partial charge in [-0.3, -0.25) is 4.79 Å². The molecule has 0 radical (unpaired) electrons. The van der Waals surface area contributed by atoms with Gasteiger partial charge in [-0.1, -0.05) is 12.1 Å². The molecule has 5 heteroatoms. The van der Waals surface area contributed by atoms with E-state index in [1.165, 1.54) is 18.4 Å². The van der Waals surface area contributed by atoms with Gasteiger partial charge in [0.1, 0.15) is 0 Å². The maximum atomic E-state index is 12.3. The minimum Gasteiger partial charge on any atom is -0.352 e. The molecule has 0 saturated carbocycles. The van der Waals surface area contributed by atoms with E-state index in [4.69, 9.17) is 0 Å². The zero-order valence-electron chi connectivity index (χ0n) is 15.5. The van der Waals surface area contributed by atoms with Crippen LogP contribution in [-0.4, -0.2) is 75.1 Å². The van der Waals surface area contributed by atoms with Crippen molar-refractivity contribution < 1.29 is 4.79 Å². The predicted molar refractivity (Wildman–Crippen MR) is 102 cm³/mol. The third kappa shape index (κ3) is 5.53. The van der Waals surface area contributed by atoms with Crippen LogP contribution in [0.25, 0.3) is 0 Å². The van der Waals surface area contributed by atoms with Crippen molar-refractivity contribution in [3.63, 3.8) is 0 Å². The van der Waals surface area contributed by atoms with Crippen LogP contribution in [0.3, 0.4) is 0 Å². The number of benzene rings is 1. The molecule has 2 saturated heterocycles. The molecule has 25 heavy (non-hydrogen) atoms. The number of nitrogens with one attached hydrogen (secondary N) is 2. The van der Waals surface area contributed by atoms with Gasteiger partial charge in [0.15, 0.2) is 0 Å². The van der Waals surface area contributed by atoms with Crippen LogP contribution >= 0.6 is 0 Å². The van der Waals surface area contributed by atoms with Crippen LogP contribution < -0.4 is 10.6 Å². The highest BCUT2D eigenvalue weighted by Crippen LogP contribution is 2.23. The third-order valence-corrected chi connectivity index (χ3v) is 5.47. The smallest absolute Gasteiger partial charge is 0.251 e. The number of carbonyl (C=O) groups is 1. The molecule has 0 spiro atoms. The first kappa shape index (κ1) is 18.4. The molecule has 0 aromatic heterocycles. The van der Waals surface area contributed by atoms with Crippen LogP contribution in [0.2, 0.25) is 0 Å². The summed E-state index contributed by atoms with van der Waals surface area (Å²) >= 11 is 0. The largest absolute Gasteiger partial charge is 0.352 e. The summed E-state index contributed by atoms with van der Waals surface area (Å²) in [5, 5.41) is 6.51. The maximum absolute atomic E-state index is 12.3. The Kier molecular flexibility index (Phi) is 6.84. The number of piperazine rings is 1. The summed E-state index contributed by atoms with van der Waals surface area (Å²) in [6.07, 6.45) is 3.49. The number of rotatable bonds is 6. The van der Waals surface area contributed by atoms with Crippen LogP contribution in [0, 0.1) is 0 Å². The average molecular weight is 345 g/mol. The summed E-state index contributed by atoms with van der Waals surface area (Å²) in [6.45, 7) is 8.58. The number of carbonyl (C=O) groups excluding carboxylic acids is 1. The Hall–Kier alpha value is -1.43. The Morgan fingerprint density at radius 2 is 1.96 bits per heavy atom. The normalized spacial score (nSPS) is 22.7. The molecule has 2 heterocycles. The van der Waals surface area contributed by atoms with E-state index in [1.54, 1.807) is 0 Å². The van der Waals surface area contributed by atoms with Crippen molar-refractivity contribution in [2.24, 2.45) is 0 Å². The average Bonchev–Trinajstić information content (AvgIpc) is 2.67. The summed E-state index contributed by atoms with van der Waals surface area (Å²) in [6, 6.07) is 8.19. The third-order valence-electron chi connectivity index (χ3n) is 5.47. The number of nitrogens with zero attached hydrogens (tertiary/aromatic N) is 2. The Morgan fingerprint density at radius 1 is 1.20 bits per heavy atom. The molecule has 1 aromatic rings. The number of hydrogen-bond donors (Lipinski definition) is 2. The molecule has 2 aliphatic heterocycles. The first-order valence-corrected chi connectivity index (χ1v) is 9.72. The van der Waals surface area contributed by atoms with E-state index in [0.29, 0.717) is 5.92 Å². The minimum atomic E-state index is 0.0479.